The van der Waals surface area contributed by atoms with Gasteiger partial charge in [-0.05, 0) is 17.7 Å². The predicted molar refractivity (Wildman–Crippen MR) is 109 cm³/mol. The molecular weight excluding hydrogens is 412 g/mol. The number of halogens is 1. The molecule has 7 nitrogen and oxygen atoms in total. The van der Waals surface area contributed by atoms with Crippen molar-refractivity contribution in [1.82, 2.24) is 19.4 Å². The van der Waals surface area contributed by atoms with E-state index in [1.54, 1.807) is 18.2 Å². The Labute approximate surface area is 175 Å². The first kappa shape index (κ1) is 20.0. The summed E-state index contributed by atoms with van der Waals surface area (Å²) >= 11 is 6.08. The molecule has 0 saturated carbocycles. The van der Waals surface area contributed by atoms with E-state index in [-0.39, 0.29) is 9.92 Å². The topological polar surface area (TPSA) is 79.5 Å². The number of nitrogens with zero attached hydrogens (tertiary/aromatic N) is 4. The minimum atomic E-state index is -3.60. The normalized spacial score (nSPS) is 16.2. The molecule has 2 aromatic carbocycles. The lowest BCUT2D eigenvalue weighted by Gasteiger charge is -2.33. The van der Waals surface area contributed by atoms with Crippen LogP contribution in [-0.4, -0.2) is 54.0 Å². The van der Waals surface area contributed by atoms with Gasteiger partial charge in [-0.1, -0.05) is 54.1 Å². The lowest BCUT2D eigenvalue weighted by molar-refractivity contribution is 0.167. The molecule has 1 aliphatic rings. The zero-order valence-electron chi connectivity index (χ0n) is 15.7. The maximum atomic E-state index is 12.8. The molecule has 0 spiro atoms. The average Bonchev–Trinajstić information content (AvgIpc) is 3.16. The Morgan fingerprint density at radius 2 is 1.55 bits per heavy atom. The van der Waals surface area contributed by atoms with Crippen LogP contribution in [0, 0.1) is 0 Å². The van der Waals surface area contributed by atoms with Crippen molar-refractivity contribution in [3.8, 4) is 0 Å². The molecule has 0 amide bonds. The zero-order chi connectivity index (χ0) is 20.3. The molecule has 0 N–H and O–H groups in total. The summed E-state index contributed by atoms with van der Waals surface area (Å²) in [6.07, 6.45) is 0.595. The summed E-state index contributed by atoms with van der Waals surface area (Å²) < 4.78 is 32.9. The van der Waals surface area contributed by atoms with Gasteiger partial charge >= 0.3 is 0 Å². The van der Waals surface area contributed by atoms with Gasteiger partial charge in [0.15, 0.2) is 0 Å². The van der Waals surface area contributed by atoms with Gasteiger partial charge in [-0.2, -0.15) is 4.31 Å². The number of sulfonamides is 1. The summed E-state index contributed by atoms with van der Waals surface area (Å²) in [5.41, 5.74) is 1.11. The first-order chi connectivity index (χ1) is 14.0. The van der Waals surface area contributed by atoms with Crippen LogP contribution in [0.4, 0.5) is 0 Å². The van der Waals surface area contributed by atoms with Crippen molar-refractivity contribution in [3.05, 3.63) is 77.0 Å². The van der Waals surface area contributed by atoms with E-state index in [2.05, 4.69) is 15.1 Å². The highest BCUT2D eigenvalue weighted by Gasteiger charge is 2.30. The van der Waals surface area contributed by atoms with Crippen LogP contribution >= 0.6 is 11.6 Å². The molecule has 0 bridgehead atoms. The highest BCUT2D eigenvalue weighted by molar-refractivity contribution is 7.89. The van der Waals surface area contributed by atoms with Crippen molar-refractivity contribution in [2.45, 2.75) is 17.9 Å². The standard InChI is InChI=1S/C20H21ClN4O3S/c21-17-8-4-5-9-18(17)29(26,27)25-12-10-24(11-13-25)15-20-23-22-19(28-20)14-16-6-2-1-3-7-16/h1-9H,10-15H2. The molecule has 1 fully saturated rings. The number of rotatable bonds is 6. The minimum absolute atomic E-state index is 0.151. The second-order valence-electron chi connectivity index (χ2n) is 6.86. The van der Waals surface area contributed by atoms with E-state index in [0.717, 1.165) is 5.56 Å². The second-order valence-corrected chi connectivity index (χ2v) is 9.18. The molecule has 0 atom stereocenters. The quantitative estimate of drug-likeness (QED) is 0.596. The van der Waals surface area contributed by atoms with Crippen LogP contribution in [0.3, 0.4) is 0 Å². The van der Waals surface area contributed by atoms with Gasteiger partial charge < -0.3 is 4.42 Å². The zero-order valence-corrected chi connectivity index (χ0v) is 17.3. The van der Waals surface area contributed by atoms with Crippen LogP contribution in [-0.2, 0) is 23.0 Å². The molecule has 1 saturated heterocycles. The Morgan fingerprint density at radius 3 is 2.28 bits per heavy atom. The fourth-order valence-electron chi connectivity index (χ4n) is 3.31. The summed E-state index contributed by atoms with van der Waals surface area (Å²) in [7, 11) is -3.60. The van der Waals surface area contributed by atoms with Crippen molar-refractivity contribution in [2.75, 3.05) is 26.2 Å². The molecule has 0 unspecified atom stereocenters. The van der Waals surface area contributed by atoms with Crippen molar-refractivity contribution in [1.29, 1.82) is 0 Å². The van der Waals surface area contributed by atoms with Crippen LogP contribution in [0.5, 0.6) is 0 Å². The molecule has 0 radical (unpaired) electrons. The smallest absolute Gasteiger partial charge is 0.244 e. The van der Waals surface area contributed by atoms with Gasteiger partial charge in [0.1, 0.15) is 4.90 Å². The van der Waals surface area contributed by atoms with Gasteiger partial charge in [0.2, 0.25) is 21.8 Å². The number of aromatic nitrogens is 2. The SMILES string of the molecule is O=S(=O)(c1ccccc1Cl)N1CCN(Cc2nnc(Cc3ccccc3)o2)CC1. The largest absolute Gasteiger partial charge is 0.424 e. The third-order valence-corrected chi connectivity index (χ3v) is 7.25. The van der Waals surface area contributed by atoms with Crippen molar-refractivity contribution in [3.63, 3.8) is 0 Å². The summed E-state index contributed by atoms with van der Waals surface area (Å²) in [5.74, 6) is 1.12. The Balaban J connectivity index is 1.34. The lowest BCUT2D eigenvalue weighted by atomic mass is 10.2. The average molecular weight is 433 g/mol. The number of hydrogen-bond donors (Lipinski definition) is 0. The highest BCUT2D eigenvalue weighted by Crippen LogP contribution is 2.25. The van der Waals surface area contributed by atoms with E-state index < -0.39 is 10.0 Å². The molecular formula is C20H21ClN4O3S. The summed E-state index contributed by atoms with van der Waals surface area (Å²) in [6, 6.07) is 16.5. The van der Waals surface area contributed by atoms with Gasteiger partial charge in [0, 0.05) is 26.2 Å². The van der Waals surface area contributed by atoms with Gasteiger partial charge in [0.05, 0.1) is 18.0 Å². The van der Waals surface area contributed by atoms with Crippen molar-refractivity contribution >= 4 is 21.6 Å². The Morgan fingerprint density at radius 1 is 0.897 bits per heavy atom. The van der Waals surface area contributed by atoms with Crippen LogP contribution < -0.4 is 0 Å². The molecule has 152 valence electrons. The summed E-state index contributed by atoms with van der Waals surface area (Å²) in [6.45, 7) is 2.44. The third-order valence-electron chi connectivity index (χ3n) is 4.85. The van der Waals surface area contributed by atoms with Gasteiger partial charge in [-0.3, -0.25) is 4.90 Å². The molecule has 0 aliphatic carbocycles. The maximum Gasteiger partial charge on any atom is 0.244 e. The van der Waals surface area contributed by atoms with Crippen LogP contribution in [0.15, 0.2) is 63.9 Å². The second kappa shape index (κ2) is 8.62. The predicted octanol–water partition coefficient (Wildman–Crippen LogP) is 2.82. The molecule has 2 heterocycles. The lowest BCUT2D eigenvalue weighted by Crippen LogP contribution is -2.48. The van der Waals surface area contributed by atoms with Crippen molar-refractivity contribution in [2.24, 2.45) is 0 Å². The first-order valence-electron chi connectivity index (χ1n) is 9.34. The Kier molecular flexibility index (Phi) is 5.96. The van der Waals surface area contributed by atoms with Crippen molar-refractivity contribution < 1.29 is 12.8 Å². The third kappa shape index (κ3) is 4.67. The van der Waals surface area contributed by atoms with Gasteiger partial charge in [0.25, 0.3) is 0 Å². The summed E-state index contributed by atoms with van der Waals surface area (Å²) in [5, 5.41) is 8.48. The Hall–Kier alpha value is -2.26. The molecule has 3 aromatic rings. The molecule has 29 heavy (non-hydrogen) atoms. The minimum Gasteiger partial charge on any atom is -0.424 e. The fraction of sp³-hybridized carbons (Fsp3) is 0.300. The van der Waals surface area contributed by atoms with Crippen LogP contribution in [0.25, 0.3) is 0 Å². The molecule has 1 aromatic heterocycles. The summed E-state index contributed by atoms with van der Waals surface area (Å²) in [4.78, 5) is 2.26. The van der Waals surface area contributed by atoms with Gasteiger partial charge in [-0.25, -0.2) is 8.42 Å². The number of piperazine rings is 1. The monoisotopic (exact) mass is 432 g/mol. The fourth-order valence-corrected chi connectivity index (χ4v) is 5.22. The number of benzene rings is 2. The maximum absolute atomic E-state index is 12.8. The molecule has 9 heteroatoms. The molecule has 1 aliphatic heterocycles. The van der Waals surface area contributed by atoms with E-state index in [1.165, 1.54) is 10.4 Å². The number of hydrogen-bond acceptors (Lipinski definition) is 6. The van der Waals surface area contributed by atoms with Crippen LogP contribution in [0.1, 0.15) is 17.3 Å². The molecule has 4 rings (SSSR count). The van der Waals surface area contributed by atoms with E-state index in [9.17, 15) is 8.42 Å². The van der Waals surface area contributed by atoms with E-state index >= 15 is 0 Å². The van der Waals surface area contributed by atoms with Gasteiger partial charge in [-0.15, -0.1) is 10.2 Å². The van der Waals surface area contributed by atoms with Crippen LogP contribution in [0.2, 0.25) is 5.02 Å². The van der Waals surface area contributed by atoms with E-state index in [4.69, 9.17) is 16.0 Å². The highest BCUT2D eigenvalue weighted by atomic mass is 35.5. The Bertz CT molecular complexity index is 1060. The van der Waals surface area contributed by atoms with E-state index in [1.807, 2.05) is 30.3 Å². The van der Waals surface area contributed by atoms with E-state index in [0.29, 0.717) is 50.9 Å². The first-order valence-corrected chi connectivity index (χ1v) is 11.2.